The van der Waals surface area contributed by atoms with Crippen LogP contribution < -0.4 is 0 Å². The van der Waals surface area contributed by atoms with E-state index in [2.05, 4.69) is 9.97 Å². The average Bonchev–Trinajstić information content (AvgIpc) is 2.90. The van der Waals surface area contributed by atoms with Crippen LogP contribution in [0.2, 0.25) is 0 Å². The fourth-order valence-electron chi connectivity index (χ4n) is 2.32. The van der Waals surface area contributed by atoms with E-state index >= 15 is 0 Å². The Labute approximate surface area is 122 Å². The molecule has 20 heavy (non-hydrogen) atoms. The van der Waals surface area contributed by atoms with E-state index in [4.69, 9.17) is 0 Å². The number of rotatable bonds is 2. The van der Waals surface area contributed by atoms with Gasteiger partial charge in [-0.15, -0.1) is 0 Å². The monoisotopic (exact) mass is 287 g/mol. The van der Waals surface area contributed by atoms with Gasteiger partial charge < -0.3 is 9.88 Å². The Kier molecular flexibility index (Phi) is 3.78. The number of carbonyl (C=O) groups is 1. The van der Waals surface area contributed by atoms with Crippen LogP contribution in [0.15, 0.2) is 30.3 Å². The predicted molar refractivity (Wildman–Crippen MR) is 82.0 cm³/mol. The van der Waals surface area contributed by atoms with Crippen LogP contribution in [-0.2, 0) is 0 Å². The highest BCUT2D eigenvalue weighted by atomic mass is 32.2. The van der Waals surface area contributed by atoms with Crippen LogP contribution in [-0.4, -0.2) is 45.4 Å². The topological polar surface area (TPSA) is 49.0 Å². The minimum atomic E-state index is 0.0428. The summed E-state index contributed by atoms with van der Waals surface area (Å²) in [6, 6.07) is 9.89. The van der Waals surface area contributed by atoms with Gasteiger partial charge in [-0.2, -0.15) is 11.8 Å². The SMILES string of the molecule is Cc1[nH]c(-c2ccccc2)nc1C(=O)N1CCSCC1. The van der Waals surface area contributed by atoms with Crippen molar-refractivity contribution in [2.45, 2.75) is 6.92 Å². The van der Waals surface area contributed by atoms with Crippen LogP contribution in [0.5, 0.6) is 0 Å². The lowest BCUT2D eigenvalue weighted by Crippen LogP contribution is -2.38. The van der Waals surface area contributed by atoms with Gasteiger partial charge in [0.2, 0.25) is 0 Å². The molecule has 0 radical (unpaired) electrons. The summed E-state index contributed by atoms with van der Waals surface area (Å²) >= 11 is 1.90. The molecule has 1 N–H and O–H groups in total. The molecule has 4 nitrogen and oxygen atoms in total. The number of amides is 1. The third kappa shape index (κ3) is 2.58. The van der Waals surface area contributed by atoms with Crippen molar-refractivity contribution in [2.75, 3.05) is 24.6 Å². The van der Waals surface area contributed by atoms with E-state index in [9.17, 15) is 4.79 Å². The quantitative estimate of drug-likeness (QED) is 0.923. The van der Waals surface area contributed by atoms with Crippen molar-refractivity contribution in [1.29, 1.82) is 0 Å². The van der Waals surface area contributed by atoms with E-state index in [1.165, 1.54) is 0 Å². The summed E-state index contributed by atoms with van der Waals surface area (Å²) in [6.45, 7) is 3.54. The maximum atomic E-state index is 12.5. The van der Waals surface area contributed by atoms with E-state index in [1.807, 2.05) is 53.9 Å². The van der Waals surface area contributed by atoms with Gasteiger partial charge in [0, 0.05) is 35.9 Å². The lowest BCUT2D eigenvalue weighted by Gasteiger charge is -2.25. The lowest BCUT2D eigenvalue weighted by molar-refractivity contribution is 0.0766. The van der Waals surface area contributed by atoms with E-state index < -0.39 is 0 Å². The number of aryl methyl sites for hydroxylation is 1. The lowest BCUT2D eigenvalue weighted by atomic mass is 10.2. The van der Waals surface area contributed by atoms with Gasteiger partial charge in [0.15, 0.2) is 0 Å². The maximum Gasteiger partial charge on any atom is 0.274 e. The molecule has 3 rings (SSSR count). The van der Waals surface area contributed by atoms with Crippen LogP contribution in [0.3, 0.4) is 0 Å². The molecule has 1 fully saturated rings. The Morgan fingerprint density at radius 1 is 1.25 bits per heavy atom. The molecule has 1 aromatic carbocycles. The summed E-state index contributed by atoms with van der Waals surface area (Å²) in [4.78, 5) is 22.1. The number of nitrogens with one attached hydrogen (secondary N) is 1. The molecule has 1 aliphatic rings. The van der Waals surface area contributed by atoms with E-state index in [0.717, 1.165) is 41.7 Å². The van der Waals surface area contributed by atoms with Gasteiger partial charge >= 0.3 is 0 Å². The Hall–Kier alpha value is -1.75. The van der Waals surface area contributed by atoms with Crippen molar-refractivity contribution >= 4 is 17.7 Å². The van der Waals surface area contributed by atoms with Gasteiger partial charge in [-0.25, -0.2) is 4.98 Å². The molecule has 0 spiro atoms. The maximum absolute atomic E-state index is 12.5. The summed E-state index contributed by atoms with van der Waals surface area (Å²) in [5, 5.41) is 0. The molecule has 104 valence electrons. The fraction of sp³-hybridized carbons (Fsp3) is 0.333. The molecular weight excluding hydrogens is 270 g/mol. The standard InChI is InChI=1S/C15H17N3OS/c1-11-13(15(19)18-7-9-20-10-8-18)17-14(16-11)12-5-3-2-4-6-12/h2-6H,7-10H2,1H3,(H,16,17). The smallest absolute Gasteiger partial charge is 0.274 e. The van der Waals surface area contributed by atoms with Crippen LogP contribution >= 0.6 is 11.8 Å². The van der Waals surface area contributed by atoms with Crippen LogP contribution in [0.4, 0.5) is 0 Å². The first-order valence-electron chi connectivity index (χ1n) is 6.75. The number of hydrogen-bond acceptors (Lipinski definition) is 3. The number of thioether (sulfide) groups is 1. The highest BCUT2D eigenvalue weighted by Gasteiger charge is 2.23. The molecule has 2 heterocycles. The summed E-state index contributed by atoms with van der Waals surface area (Å²) in [5.74, 6) is 2.83. The number of H-pyrrole nitrogens is 1. The van der Waals surface area contributed by atoms with Gasteiger partial charge in [0.1, 0.15) is 11.5 Å². The first-order valence-corrected chi connectivity index (χ1v) is 7.90. The molecule has 1 saturated heterocycles. The number of imidazole rings is 1. The van der Waals surface area contributed by atoms with Crippen molar-refractivity contribution in [2.24, 2.45) is 0 Å². The van der Waals surface area contributed by atoms with Crippen LogP contribution in [0.1, 0.15) is 16.2 Å². The summed E-state index contributed by atoms with van der Waals surface area (Å²) in [6.07, 6.45) is 0. The first-order chi connectivity index (χ1) is 9.75. The number of aromatic nitrogens is 2. The predicted octanol–water partition coefficient (Wildman–Crippen LogP) is 2.57. The van der Waals surface area contributed by atoms with Crippen molar-refractivity contribution in [3.8, 4) is 11.4 Å². The highest BCUT2D eigenvalue weighted by Crippen LogP contribution is 2.19. The van der Waals surface area contributed by atoms with Crippen molar-refractivity contribution in [3.63, 3.8) is 0 Å². The van der Waals surface area contributed by atoms with Crippen molar-refractivity contribution in [1.82, 2.24) is 14.9 Å². The third-order valence-corrected chi connectivity index (χ3v) is 4.38. The van der Waals surface area contributed by atoms with Crippen molar-refractivity contribution < 1.29 is 4.79 Å². The molecule has 2 aromatic rings. The normalized spacial score (nSPS) is 15.3. The first kappa shape index (κ1) is 13.2. The Balaban J connectivity index is 1.87. The molecule has 0 atom stereocenters. The van der Waals surface area contributed by atoms with E-state index in [0.29, 0.717) is 5.69 Å². The summed E-state index contributed by atoms with van der Waals surface area (Å²) in [5.41, 5.74) is 2.40. The number of benzene rings is 1. The summed E-state index contributed by atoms with van der Waals surface area (Å²) in [7, 11) is 0. The fourth-order valence-corrected chi connectivity index (χ4v) is 3.22. The highest BCUT2D eigenvalue weighted by molar-refractivity contribution is 7.99. The van der Waals surface area contributed by atoms with Gasteiger partial charge in [0.05, 0.1) is 0 Å². The van der Waals surface area contributed by atoms with E-state index in [1.54, 1.807) is 0 Å². The van der Waals surface area contributed by atoms with Gasteiger partial charge in [-0.1, -0.05) is 30.3 Å². The van der Waals surface area contributed by atoms with Gasteiger partial charge in [-0.3, -0.25) is 4.79 Å². The molecule has 0 aliphatic carbocycles. The zero-order valence-electron chi connectivity index (χ0n) is 11.4. The molecule has 1 aromatic heterocycles. The zero-order chi connectivity index (χ0) is 13.9. The van der Waals surface area contributed by atoms with Gasteiger partial charge in [0.25, 0.3) is 5.91 Å². The third-order valence-electron chi connectivity index (χ3n) is 3.43. The Bertz CT molecular complexity index is 603. The Morgan fingerprint density at radius 3 is 2.65 bits per heavy atom. The molecule has 0 bridgehead atoms. The van der Waals surface area contributed by atoms with Crippen molar-refractivity contribution in [3.05, 3.63) is 41.7 Å². The van der Waals surface area contributed by atoms with E-state index in [-0.39, 0.29) is 5.91 Å². The minimum absolute atomic E-state index is 0.0428. The molecule has 0 saturated carbocycles. The number of hydrogen-bond donors (Lipinski definition) is 1. The number of aromatic amines is 1. The summed E-state index contributed by atoms with van der Waals surface area (Å²) < 4.78 is 0. The molecule has 1 aliphatic heterocycles. The number of carbonyl (C=O) groups excluding carboxylic acids is 1. The largest absolute Gasteiger partial charge is 0.341 e. The van der Waals surface area contributed by atoms with Gasteiger partial charge in [-0.05, 0) is 6.92 Å². The Morgan fingerprint density at radius 2 is 1.95 bits per heavy atom. The van der Waals surface area contributed by atoms with Crippen LogP contribution in [0, 0.1) is 6.92 Å². The molecule has 1 amide bonds. The molecule has 5 heteroatoms. The second-order valence-corrected chi connectivity index (χ2v) is 6.05. The average molecular weight is 287 g/mol. The number of nitrogens with zero attached hydrogens (tertiary/aromatic N) is 2. The van der Waals surface area contributed by atoms with Crippen LogP contribution in [0.25, 0.3) is 11.4 Å². The minimum Gasteiger partial charge on any atom is -0.341 e. The zero-order valence-corrected chi connectivity index (χ0v) is 12.2. The second kappa shape index (κ2) is 5.71. The molecule has 0 unspecified atom stereocenters. The molecular formula is C15H17N3OS. The second-order valence-electron chi connectivity index (χ2n) is 4.83.